The van der Waals surface area contributed by atoms with Crippen molar-refractivity contribution >= 4 is 12.3 Å². The molecule has 0 aliphatic heterocycles. The fourth-order valence-electron chi connectivity index (χ4n) is 0.726. The minimum Gasteiger partial charge on any atom is -0.399 e. The van der Waals surface area contributed by atoms with Gasteiger partial charge in [-0.15, -0.1) is 0 Å². The van der Waals surface area contributed by atoms with E-state index in [2.05, 4.69) is 4.28 Å². The van der Waals surface area contributed by atoms with E-state index in [9.17, 15) is 0 Å². The number of nitrogens with two attached hydrogens (primary N) is 1. The van der Waals surface area contributed by atoms with E-state index in [1.807, 2.05) is 31.2 Å². The van der Waals surface area contributed by atoms with E-state index >= 15 is 0 Å². The minimum absolute atomic E-state index is 0.737. The molecule has 1 rings (SSSR count). The lowest BCUT2D eigenvalue weighted by atomic mass is 10.2. The van der Waals surface area contributed by atoms with E-state index in [1.165, 1.54) is 0 Å². The van der Waals surface area contributed by atoms with Crippen molar-refractivity contribution in [3.63, 3.8) is 0 Å². The van der Waals surface area contributed by atoms with E-state index in [1.54, 1.807) is 0 Å². The van der Waals surface area contributed by atoms with E-state index in [4.69, 9.17) is 10.1 Å². The molecule has 0 radical (unpaired) electrons. The van der Waals surface area contributed by atoms with Crippen molar-refractivity contribution in [3.05, 3.63) is 29.8 Å². The number of benzene rings is 1. The van der Waals surface area contributed by atoms with Crippen LogP contribution in [0.5, 0.6) is 5.75 Å². The Morgan fingerprint density at radius 1 is 1.45 bits per heavy atom. The molecule has 0 bridgehead atoms. The third-order valence-electron chi connectivity index (χ3n) is 1.16. The first-order valence-electron chi connectivity index (χ1n) is 3.09. The first kappa shape index (κ1) is 8.39. The molecule has 0 unspecified atom stereocenters. The second-order valence-electron chi connectivity index (χ2n) is 2.06. The SMILES string of the molecule is Cc1cccc(OSON)c1. The Bertz CT molecular complexity index is 229. The summed E-state index contributed by atoms with van der Waals surface area (Å²) in [7, 11) is 0. The van der Waals surface area contributed by atoms with Crippen molar-refractivity contribution in [1.29, 1.82) is 0 Å². The molecule has 1 aromatic carbocycles. The highest BCUT2D eigenvalue weighted by atomic mass is 32.2. The highest BCUT2D eigenvalue weighted by Gasteiger charge is 1.93. The molecule has 0 spiro atoms. The van der Waals surface area contributed by atoms with Crippen LogP contribution in [-0.2, 0) is 4.28 Å². The van der Waals surface area contributed by atoms with Crippen molar-refractivity contribution in [2.24, 2.45) is 5.90 Å². The first-order chi connectivity index (χ1) is 5.33. The molecule has 60 valence electrons. The van der Waals surface area contributed by atoms with Crippen molar-refractivity contribution in [2.45, 2.75) is 6.92 Å². The zero-order valence-corrected chi connectivity index (χ0v) is 6.93. The molecule has 0 heterocycles. The summed E-state index contributed by atoms with van der Waals surface area (Å²) in [5.41, 5.74) is 1.14. The van der Waals surface area contributed by atoms with Gasteiger partial charge < -0.3 is 4.18 Å². The van der Waals surface area contributed by atoms with Gasteiger partial charge in [-0.3, -0.25) is 0 Å². The Hall–Kier alpha value is -0.710. The van der Waals surface area contributed by atoms with Crippen molar-refractivity contribution in [2.75, 3.05) is 0 Å². The summed E-state index contributed by atoms with van der Waals surface area (Å²) in [5.74, 6) is 5.49. The van der Waals surface area contributed by atoms with Crippen LogP contribution >= 0.6 is 12.3 Å². The molecular weight excluding hydrogens is 162 g/mol. The molecule has 0 aromatic heterocycles. The zero-order chi connectivity index (χ0) is 8.10. The molecule has 0 aliphatic carbocycles. The van der Waals surface area contributed by atoms with Gasteiger partial charge in [-0.25, -0.2) is 0 Å². The molecule has 2 N–H and O–H groups in total. The zero-order valence-electron chi connectivity index (χ0n) is 6.11. The third-order valence-corrected chi connectivity index (χ3v) is 1.50. The average Bonchev–Trinajstić information content (AvgIpc) is 2.01. The van der Waals surface area contributed by atoms with Crippen LogP contribution in [0.15, 0.2) is 24.3 Å². The van der Waals surface area contributed by atoms with Crippen molar-refractivity contribution < 1.29 is 8.47 Å². The fourth-order valence-corrected chi connectivity index (χ4v) is 0.948. The maximum atomic E-state index is 5.01. The van der Waals surface area contributed by atoms with E-state index < -0.39 is 0 Å². The smallest absolute Gasteiger partial charge is 0.244 e. The molecule has 1 aromatic rings. The van der Waals surface area contributed by atoms with Gasteiger partial charge in [0.2, 0.25) is 12.3 Å². The molecule has 11 heavy (non-hydrogen) atoms. The van der Waals surface area contributed by atoms with Crippen molar-refractivity contribution in [3.8, 4) is 5.75 Å². The van der Waals surface area contributed by atoms with Gasteiger partial charge in [0, 0.05) is 0 Å². The van der Waals surface area contributed by atoms with Crippen LogP contribution in [0.25, 0.3) is 0 Å². The van der Waals surface area contributed by atoms with Crippen molar-refractivity contribution in [1.82, 2.24) is 0 Å². The van der Waals surface area contributed by atoms with Crippen LogP contribution in [0, 0.1) is 6.92 Å². The Kier molecular flexibility index (Phi) is 3.22. The van der Waals surface area contributed by atoms with E-state index in [0.717, 1.165) is 23.6 Å². The van der Waals surface area contributed by atoms with Gasteiger partial charge in [-0.05, 0) is 24.6 Å². The van der Waals surface area contributed by atoms with Gasteiger partial charge in [-0.2, -0.15) is 10.2 Å². The molecule has 3 nitrogen and oxygen atoms in total. The highest BCUT2D eigenvalue weighted by molar-refractivity contribution is 7.90. The summed E-state index contributed by atoms with van der Waals surface area (Å²) in [6.07, 6.45) is 0. The Balaban J connectivity index is 2.56. The van der Waals surface area contributed by atoms with Gasteiger partial charge in [0.25, 0.3) is 0 Å². The predicted molar refractivity (Wildman–Crippen MR) is 44.7 cm³/mol. The number of rotatable bonds is 3. The molecule has 0 atom stereocenters. The topological polar surface area (TPSA) is 44.5 Å². The highest BCUT2D eigenvalue weighted by Crippen LogP contribution is 2.16. The summed E-state index contributed by atoms with van der Waals surface area (Å²) in [6.45, 7) is 1.99. The van der Waals surface area contributed by atoms with Crippen LogP contribution < -0.4 is 10.1 Å². The number of hydrogen-bond donors (Lipinski definition) is 1. The maximum absolute atomic E-state index is 5.01. The van der Waals surface area contributed by atoms with Gasteiger partial charge in [0.1, 0.15) is 5.75 Å². The molecule has 4 heteroatoms. The molecule has 0 saturated carbocycles. The monoisotopic (exact) mass is 171 g/mol. The Morgan fingerprint density at radius 2 is 2.27 bits per heavy atom. The second kappa shape index (κ2) is 4.23. The van der Waals surface area contributed by atoms with Crippen LogP contribution in [0.2, 0.25) is 0 Å². The van der Waals surface area contributed by atoms with Crippen LogP contribution in [-0.4, -0.2) is 0 Å². The van der Waals surface area contributed by atoms with Gasteiger partial charge >= 0.3 is 0 Å². The summed E-state index contributed by atoms with van der Waals surface area (Å²) in [5, 5.41) is 0. The van der Waals surface area contributed by atoms with Gasteiger partial charge in [0.05, 0.1) is 0 Å². The Morgan fingerprint density at radius 3 is 2.91 bits per heavy atom. The lowest BCUT2D eigenvalue weighted by Crippen LogP contribution is -1.91. The maximum Gasteiger partial charge on any atom is 0.244 e. The van der Waals surface area contributed by atoms with Crippen LogP contribution in [0.3, 0.4) is 0 Å². The lowest BCUT2D eigenvalue weighted by Gasteiger charge is -2.00. The molecular formula is C7H9NO2S. The minimum atomic E-state index is 0.737. The molecule has 0 aliphatic rings. The molecule has 0 saturated heterocycles. The fraction of sp³-hybridized carbons (Fsp3) is 0.143. The number of aryl methyl sites for hydroxylation is 1. The van der Waals surface area contributed by atoms with E-state index in [0.29, 0.717) is 0 Å². The van der Waals surface area contributed by atoms with Gasteiger partial charge in [-0.1, -0.05) is 12.1 Å². The van der Waals surface area contributed by atoms with E-state index in [-0.39, 0.29) is 0 Å². The van der Waals surface area contributed by atoms with Gasteiger partial charge in [0.15, 0.2) is 0 Å². The van der Waals surface area contributed by atoms with Crippen LogP contribution in [0.1, 0.15) is 5.56 Å². The third kappa shape index (κ3) is 2.80. The molecule has 0 amide bonds. The lowest BCUT2D eigenvalue weighted by molar-refractivity contribution is 0.365. The summed E-state index contributed by atoms with van der Waals surface area (Å²) in [6, 6.07) is 7.62. The second-order valence-corrected chi connectivity index (χ2v) is 2.56. The predicted octanol–water partition coefficient (Wildman–Crippen LogP) is 1.83. The number of hydrogen-bond acceptors (Lipinski definition) is 4. The molecule has 0 fully saturated rings. The quantitative estimate of drug-likeness (QED) is 0.556. The summed E-state index contributed by atoms with van der Waals surface area (Å²) >= 11 is 0.748. The standard InChI is InChI=1S/C7H9NO2S/c1-6-3-2-4-7(5-6)9-11-10-8/h2-5H,8H2,1H3. The Labute approximate surface area is 69.9 Å². The largest absolute Gasteiger partial charge is 0.399 e. The normalized spacial score (nSPS) is 9.64. The first-order valence-corrected chi connectivity index (χ1v) is 3.76. The summed E-state index contributed by atoms with van der Waals surface area (Å²) in [4.78, 5) is 0. The van der Waals surface area contributed by atoms with Crippen LogP contribution in [0.4, 0.5) is 0 Å². The average molecular weight is 171 g/mol. The summed E-state index contributed by atoms with van der Waals surface area (Å²) < 4.78 is 9.19.